The molecule has 3 amide bonds. The minimum atomic E-state index is -0.688. The Morgan fingerprint density at radius 2 is 1.92 bits per heavy atom. The third kappa shape index (κ3) is 5.37. The lowest BCUT2D eigenvalue weighted by atomic mass is 10.0. The van der Waals surface area contributed by atoms with Gasteiger partial charge in [-0.05, 0) is 37.8 Å². The van der Waals surface area contributed by atoms with E-state index >= 15 is 0 Å². The second kappa shape index (κ2) is 7.95. The summed E-state index contributed by atoms with van der Waals surface area (Å²) in [6.45, 7) is 5.54. The van der Waals surface area contributed by atoms with Crippen molar-refractivity contribution in [1.82, 2.24) is 16.0 Å². The summed E-state index contributed by atoms with van der Waals surface area (Å²) in [6, 6.07) is 6.76. The maximum Gasteiger partial charge on any atom is 0.251 e. The highest BCUT2D eigenvalue weighted by molar-refractivity contribution is 5.98. The zero-order chi connectivity index (χ0) is 17.7. The van der Waals surface area contributed by atoms with Gasteiger partial charge in [0.1, 0.15) is 6.04 Å². The maximum absolute atomic E-state index is 12.3. The topological polar surface area (TPSA) is 87.3 Å². The predicted octanol–water partition coefficient (Wildman–Crippen LogP) is 1.14. The van der Waals surface area contributed by atoms with Gasteiger partial charge in [0.2, 0.25) is 11.8 Å². The summed E-state index contributed by atoms with van der Waals surface area (Å²) in [4.78, 5) is 36.3. The van der Waals surface area contributed by atoms with Gasteiger partial charge in [-0.15, -0.1) is 0 Å². The predicted molar refractivity (Wildman–Crippen MR) is 91.4 cm³/mol. The zero-order valence-electron chi connectivity index (χ0n) is 14.4. The minimum absolute atomic E-state index is 0.0706. The molecule has 1 aromatic carbocycles. The molecule has 1 aliphatic carbocycles. The van der Waals surface area contributed by atoms with Crippen LogP contribution < -0.4 is 16.0 Å². The number of rotatable bonds is 7. The highest BCUT2D eigenvalue weighted by Crippen LogP contribution is 2.18. The molecule has 0 aromatic heterocycles. The lowest BCUT2D eigenvalue weighted by molar-refractivity contribution is -0.127. The lowest BCUT2D eigenvalue weighted by Crippen LogP contribution is -2.51. The Labute approximate surface area is 142 Å². The molecule has 24 heavy (non-hydrogen) atoms. The van der Waals surface area contributed by atoms with Crippen molar-refractivity contribution in [2.24, 2.45) is 5.92 Å². The van der Waals surface area contributed by atoms with Gasteiger partial charge in [-0.3, -0.25) is 14.4 Å². The Morgan fingerprint density at radius 1 is 1.21 bits per heavy atom. The van der Waals surface area contributed by atoms with Crippen LogP contribution in [0.5, 0.6) is 0 Å². The summed E-state index contributed by atoms with van der Waals surface area (Å²) in [6.07, 6.45) is 2.00. The van der Waals surface area contributed by atoms with Gasteiger partial charge in [0, 0.05) is 11.6 Å². The summed E-state index contributed by atoms with van der Waals surface area (Å²) in [5.41, 5.74) is 1.49. The molecule has 2 rings (SSSR count). The fraction of sp³-hybridized carbons (Fsp3) is 0.500. The molecule has 0 bridgehead atoms. The van der Waals surface area contributed by atoms with Crippen LogP contribution in [0.15, 0.2) is 24.3 Å². The van der Waals surface area contributed by atoms with E-state index in [1.54, 1.807) is 18.2 Å². The molecule has 6 nitrogen and oxygen atoms in total. The van der Waals surface area contributed by atoms with E-state index in [4.69, 9.17) is 0 Å². The number of amides is 3. The quantitative estimate of drug-likeness (QED) is 0.700. The highest BCUT2D eigenvalue weighted by Gasteiger charge is 2.26. The average Bonchev–Trinajstić information content (AvgIpc) is 3.33. The third-order valence-corrected chi connectivity index (χ3v) is 3.88. The van der Waals surface area contributed by atoms with Crippen molar-refractivity contribution in [1.29, 1.82) is 0 Å². The van der Waals surface area contributed by atoms with E-state index in [0.29, 0.717) is 5.56 Å². The molecule has 0 spiro atoms. The fourth-order valence-electron chi connectivity index (χ4n) is 2.33. The molecule has 0 radical (unpaired) electrons. The molecule has 1 aromatic rings. The van der Waals surface area contributed by atoms with Crippen molar-refractivity contribution < 1.29 is 14.4 Å². The number of carbonyl (C=O) groups excluding carboxylic acids is 3. The second-order valence-electron chi connectivity index (χ2n) is 6.62. The number of carbonyl (C=O) groups is 3. The van der Waals surface area contributed by atoms with Gasteiger partial charge in [-0.1, -0.05) is 31.5 Å². The monoisotopic (exact) mass is 331 g/mol. The lowest BCUT2D eigenvalue weighted by Gasteiger charge is -2.21. The Balaban J connectivity index is 1.91. The number of nitrogens with one attached hydrogen (secondary N) is 3. The first kappa shape index (κ1) is 18.0. The third-order valence-electron chi connectivity index (χ3n) is 3.88. The first-order chi connectivity index (χ1) is 11.4. The molecule has 1 fully saturated rings. The number of benzene rings is 1. The zero-order valence-corrected chi connectivity index (χ0v) is 14.4. The van der Waals surface area contributed by atoms with E-state index in [1.165, 1.54) is 0 Å². The van der Waals surface area contributed by atoms with E-state index in [0.717, 1.165) is 18.4 Å². The maximum atomic E-state index is 12.3. The molecule has 130 valence electrons. The van der Waals surface area contributed by atoms with Crippen LogP contribution in [0.2, 0.25) is 0 Å². The number of hydrogen-bond donors (Lipinski definition) is 3. The van der Waals surface area contributed by atoms with Gasteiger partial charge in [-0.25, -0.2) is 0 Å². The fourth-order valence-corrected chi connectivity index (χ4v) is 2.33. The van der Waals surface area contributed by atoms with Crippen molar-refractivity contribution in [3.63, 3.8) is 0 Å². The molecule has 1 atom stereocenters. The van der Waals surface area contributed by atoms with Crippen molar-refractivity contribution in [2.75, 3.05) is 6.54 Å². The Bertz CT molecular complexity index is 624. The smallest absolute Gasteiger partial charge is 0.251 e. The van der Waals surface area contributed by atoms with Crippen LogP contribution in [0, 0.1) is 12.8 Å². The summed E-state index contributed by atoms with van der Waals surface area (Å²) < 4.78 is 0. The number of hydrogen-bond acceptors (Lipinski definition) is 3. The first-order valence-electron chi connectivity index (χ1n) is 8.31. The van der Waals surface area contributed by atoms with E-state index in [-0.39, 0.29) is 36.2 Å². The standard InChI is InChI=1S/C18H25N3O3/c1-11(2)16(18(24)19-10-15(22)20-14-7-8-14)21-17(23)13-6-4-5-12(3)9-13/h4-6,9,11,14,16H,7-8,10H2,1-3H3,(H,19,24)(H,20,22)(H,21,23). The Morgan fingerprint density at radius 3 is 2.50 bits per heavy atom. The van der Waals surface area contributed by atoms with Crippen LogP contribution in [-0.2, 0) is 9.59 Å². The molecule has 0 aliphatic heterocycles. The molecule has 0 saturated heterocycles. The largest absolute Gasteiger partial charge is 0.352 e. The van der Waals surface area contributed by atoms with Crippen LogP contribution in [0.3, 0.4) is 0 Å². The molecular weight excluding hydrogens is 306 g/mol. The molecule has 1 saturated carbocycles. The summed E-state index contributed by atoms with van der Waals surface area (Å²) >= 11 is 0. The summed E-state index contributed by atoms with van der Waals surface area (Å²) in [5, 5.41) is 8.16. The van der Waals surface area contributed by atoms with Crippen molar-refractivity contribution in [3.8, 4) is 0 Å². The Kier molecular flexibility index (Phi) is 5.95. The highest BCUT2D eigenvalue weighted by atomic mass is 16.2. The van der Waals surface area contributed by atoms with Crippen molar-refractivity contribution >= 4 is 17.7 Å². The molecule has 1 aliphatic rings. The van der Waals surface area contributed by atoms with Gasteiger partial charge in [0.15, 0.2) is 0 Å². The average molecular weight is 331 g/mol. The summed E-state index contributed by atoms with van der Waals surface area (Å²) in [7, 11) is 0. The van der Waals surface area contributed by atoms with E-state index in [1.807, 2.05) is 26.8 Å². The molecule has 1 unspecified atom stereocenters. The van der Waals surface area contributed by atoms with Crippen LogP contribution in [0.4, 0.5) is 0 Å². The van der Waals surface area contributed by atoms with E-state index in [9.17, 15) is 14.4 Å². The number of aryl methyl sites for hydroxylation is 1. The summed E-state index contributed by atoms with van der Waals surface area (Å²) in [5.74, 6) is -0.935. The van der Waals surface area contributed by atoms with Crippen LogP contribution in [0.25, 0.3) is 0 Å². The van der Waals surface area contributed by atoms with Crippen LogP contribution >= 0.6 is 0 Å². The first-order valence-corrected chi connectivity index (χ1v) is 8.31. The van der Waals surface area contributed by atoms with Crippen molar-refractivity contribution in [2.45, 2.75) is 45.7 Å². The van der Waals surface area contributed by atoms with Crippen LogP contribution in [0.1, 0.15) is 42.6 Å². The van der Waals surface area contributed by atoms with E-state index < -0.39 is 6.04 Å². The molecular formula is C18H25N3O3. The molecule has 0 heterocycles. The minimum Gasteiger partial charge on any atom is -0.352 e. The normalized spacial score (nSPS) is 14.8. The van der Waals surface area contributed by atoms with E-state index in [2.05, 4.69) is 16.0 Å². The SMILES string of the molecule is Cc1cccc(C(=O)NC(C(=O)NCC(=O)NC2CC2)C(C)C)c1. The van der Waals surface area contributed by atoms with Gasteiger partial charge in [0.25, 0.3) is 5.91 Å². The molecule has 3 N–H and O–H groups in total. The van der Waals surface area contributed by atoms with Gasteiger partial charge < -0.3 is 16.0 Å². The van der Waals surface area contributed by atoms with Crippen LogP contribution in [-0.4, -0.2) is 36.3 Å². The molecule has 6 heteroatoms. The Hall–Kier alpha value is -2.37. The van der Waals surface area contributed by atoms with Crippen molar-refractivity contribution in [3.05, 3.63) is 35.4 Å². The van der Waals surface area contributed by atoms with Gasteiger partial charge in [0.05, 0.1) is 6.54 Å². The second-order valence-corrected chi connectivity index (χ2v) is 6.62. The van der Waals surface area contributed by atoms with Gasteiger partial charge >= 0.3 is 0 Å². The van der Waals surface area contributed by atoms with Gasteiger partial charge in [-0.2, -0.15) is 0 Å².